The van der Waals surface area contributed by atoms with E-state index in [1.165, 1.54) is 6.07 Å². The molecule has 0 spiro atoms. The van der Waals surface area contributed by atoms with E-state index in [-0.39, 0.29) is 11.9 Å². The quantitative estimate of drug-likeness (QED) is 0.883. The van der Waals surface area contributed by atoms with Crippen LogP contribution in [0.4, 0.5) is 15.8 Å². The number of hydrogen-bond acceptors (Lipinski definition) is 4. The lowest BCUT2D eigenvalue weighted by atomic mass is 10.0. The molecule has 5 heteroatoms. The number of fused-ring (bicyclic) bond motifs is 1. The smallest absolute Gasteiger partial charge is 0.150 e. The molecule has 1 atom stereocenters. The van der Waals surface area contributed by atoms with E-state index >= 15 is 0 Å². The van der Waals surface area contributed by atoms with Gasteiger partial charge in [0.2, 0.25) is 0 Å². The molecule has 4 nitrogen and oxygen atoms in total. The Labute approximate surface area is 123 Å². The molecule has 21 heavy (non-hydrogen) atoms. The predicted molar refractivity (Wildman–Crippen MR) is 83.0 cm³/mol. The number of rotatable bonds is 3. The lowest BCUT2D eigenvalue weighted by Gasteiger charge is -2.34. The van der Waals surface area contributed by atoms with Crippen LogP contribution in [0.3, 0.4) is 0 Å². The Bertz CT molecular complexity index is 645. The molecular weight excluding hydrogens is 269 g/mol. The van der Waals surface area contributed by atoms with Crippen LogP contribution in [0.2, 0.25) is 0 Å². The lowest BCUT2D eigenvalue weighted by Crippen LogP contribution is -2.40. The monoisotopic (exact) mass is 289 g/mol. The highest BCUT2D eigenvalue weighted by Gasteiger charge is 2.25. The van der Waals surface area contributed by atoms with E-state index in [0.717, 1.165) is 24.8 Å². The van der Waals surface area contributed by atoms with Crippen LogP contribution in [0, 0.1) is 5.82 Å². The van der Waals surface area contributed by atoms with Crippen LogP contribution >= 0.6 is 0 Å². The molecule has 2 heterocycles. The van der Waals surface area contributed by atoms with Gasteiger partial charge in [0, 0.05) is 37.0 Å². The van der Waals surface area contributed by atoms with Gasteiger partial charge in [-0.05, 0) is 38.0 Å². The van der Waals surface area contributed by atoms with Crippen molar-refractivity contribution in [2.75, 3.05) is 30.3 Å². The number of anilines is 2. The molecule has 1 saturated heterocycles. The average molecular weight is 289 g/mol. The summed E-state index contributed by atoms with van der Waals surface area (Å²) in [6.07, 6.45) is 3.84. The Kier molecular flexibility index (Phi) is 3.92. The lowest BCUT2D eigenvalue weighted by molar-refractivity contribution is 0.0526. The van der Waals surface area contributed by atoms with Crippen molar-refractivity contribution >= 4 is 22.3 Å². The summed E-state index contributed by atoms with van der Waals surface area (Å²) in [6.45, 7) is 4.18. The molecule has 0 bridgehead atoms. The molecule has 0 aliphatic carbocycles. The summed E-state index contributed by atoms with van der Waals surface area (Å²) < 4.78 is 20.2. The Balaban J connectivity index is 2.03. The van der Waals surface area contributed by atoms with Crippen LogP contribution in [0.15, 0.2) is 24.4 Å². The van der Waals surface area contributed by atoms with Crippen LogP contribution in [-0.4, -0.2) is 30.8 Å². The molecule has 1 fully saturated rings. The zero-order chi connectivity index (χ0) is 14.8. The Morgan fingerprint density at radius 2 is 2.38 bits per heavy atom. The van der Waals surface area contributed by atoms with Crippen LogP contribution in [0.5, 0.6) is 0 Å². The first kappa shape index (κ1) is 14.1. The number of piperidine rings is 1. The first-order valence-electron chi connectivity index (χ1n) is 7.40. The van der Waals surface area contributed by atoms with E-state index in [1.54, 1.807) is 6.20 Å². The Morgan fingerprint density at radius 3 is 3.19 bits per heavy atom. The largest absolute Gasteiger partial charge is 0.398 e. The number of aromatic nitrogens is 1. The first-order valence-corrected chi connectivity index (χ1v) is 7.40. The summed E-state index contributed by atoms with van der Waals surface area (Å²) in [7, 11) is 0. The molecule has 1 aromatic carbocycles. The maximum atomic E-state index is 14.5. The van der Waals surface area contributed by atoms with E-state index in [4.69, 9.17) is 10.5 Å². The van der Waals surface area contributed by atoms with Crippen LogP contribution in [-0.2, 0) is 4.74 Å². The Hall–Kier alpha value is -1.88. The summed E-state index contributed by atoms with van der Waals surface area (Å²) in [5, 5.41) is 0.799. The molecule has 0 amide bonds. The standard InChI is InChI=1S/C16H20FN3O/c1-2-21-11-5-4-8-20(10-11)16-13(17)9-14(18)12-6-3-7-19-15(12)16/h3,6-7,9,11H,2,4-5,8,10,18H2,1H3. The topological polar surface area (TPSA) is 51.4 Å². The van der Waals surface area contributed by atoms with Gasteiger partial charge < -0.3 is 15.4 Å². The maximum absolute atomic E-state index is 14.5. The van der Waals surface area contributed by atoms with Gasteiger partial charge in [-0.1, -0.05) is 0 Å². The van der Waals surface area contributed by atoms with Gasteiger partial charge in [-0.15, -0.1) is 0 Å². The molecular formula is C16H20FN3O. The number of benzene rings is 1. The van der Waals surface area contributed by atoms with Crippen molar-refractivity contribution in [2.24, 2.45) is 0 Å². The minimum atomic E-state index is -0.309. The summed E-state index contributed by atoms with van der Waals surface area (Å²) in [5.74, 6) is -0.309. The SMILES string of the molecule is CCOC1CCCN(c2c(F)cc(N)c3cccnc23)C1. The molecule has 2 aromatic rings. The molecule has 0 saturated carbocycles. The fraction of sp³-hybridized carbons (Fsp3) is 0.438. The summed E-state index contributed by atoms with van der Waals surface area (Å²) >= 11 is 0. The number of ether oxygens (including phenoxy) is 1. The molecule has 112 valence electrons. The van der Waals surface area contributed by atoms with Crippen LogP contribution in [0.25, 0.3) is 10.9 Å². The minimum absolute atomic E-state index is 0.152. The van der Waals surface area contributed by atoms with Gasteiger partial charge in [0.05, 0.1) is 17.3 Å². The zero-order valence-electron chi connectivity index (χ0n) is 12.2. The van der Waals surface area contributed by atoms with Gasteiger partial charge in [0.15, 0.2) is 5.82 Å². The van der Waals surface area contributed by atoms with E-state index in [1.807, 2.05) is 24.0 Å². The summed E-state index contributed by atoms with van der Waals surface area (Å²) in [4.78, 5) is 6.38. The number of halogens is 1. The zero-order valence-corrected chi connectivity index (χ0v) is 12.2. The molecule has 2 N–H and O–H groups in total. The van der Waals surface area contributed by atoms with Crippen molar-refractivity contribution in [2.45, 2.75) is 25.9 Å². The minimum Gasteiger partial charge on any atom is -0.398 e. The highest BCUT2D eigenvalue weighted by Crippen LogP contribution is 2.34. The third kappa shape index (κ3) is 2.65. The number of nitrogens with zero attached hydrogens (tertiary/aromatic N) is 2. The van der Waals surface area contributed by atoms with Crippen molar-refractivity contribution in [3.8, 4) is 0 Å². The number of pyridine rings is 1. The van der Waals surface area contributed by atoms with Gasteiger partial charge in [-0.3, -0.25) is 4.98 Å². The maximum Gasteiger partial charge on any atom is 0.150 e. The predicted octanol–water partition coefficient (Wildman–Crippen LogP) is 2.96. The van der Waals surface area contributed by atoms with E-state index in [9.17, 15) is 4.39 Å². The fourth-order valence-electron chi connectivity index (χ4n) is 3.04. The first-order chi connectivity index (χ1) is 10.2. The fourth-order valence-corrected chi connectivity index (χ4v) is 3.04. The van der Waals surface area contributed by atoms with Gasteiger partial charge in [0.1, 0.15) is 0 Å². The third-order valence-corrected chi connectivity index (χ3v) is 3.95. The molecule has 1 unspecified atom stereocenters. The summed E-state index contributed by atoms with van der Waals surface area (Å²) in [6, 6.07) is 5.09. The number of nitrogen functional groups attached to an aromatic ring is 1. The highest BCUT2D eigenvalue weighted by atomic mass is 19.1. The van der Waals surface area contributed by atoms with Crippen molar-refractivity contribution in [1.82, 2.24) is 4.98 Å². The molecule has 1 aliphatic heterocycles. The van der Waals surface area contributed by atoms with Gasteiger partial charge in [-0.2, -0.15) is 0 Å². The molecule has 1 aliphatic rings. The molecule has 0 radical (unpaired) electrons. The van der Waals surface area contributed by atoms with Crippen molar-refractivity contribution in [3.63, 3.8) is 0 Å². The van der Waals surface area contributed by atoms with Crippen molar-refractivity contribution < 1.29 is 9.13 Å². The van der Waals surface area contributed by atoms with E-state index in [0.29, 0.717) is 30.0 Å². The van der Waals surface area contributed by atoms with E-state index in [2.05, 4.69) is 4.98 Å². The average Bonchev–Trinajstić information content (AvgIpc) is 2.48. The van der Waals surface area contributed by atoms with Crippen molar-refractivity contribution in [1.29, 1.82) is 0 Å². The number of hydrogen-bond donors (Lipinski definition) is 1. The highest BCUT2D eigenvalue weighted by molar-refractivity contribution is 5.98. The second kappa shape index (κ2) is 5.85. The Morgan fingerprint density at radius 1 is 1.52 bits per heavy atom. The normalized spacial score (nSPS) is 19.1. The molecule has 1 aromatic heterocycles. The second-order valence-electron chi connectivity index (χ2n) is 5.36. The number of nitrogens with two attached hydrogens (primary N) is 1. The van der Waals surface area contributed by atoms with Gasteiger partial charge >= 0.3 is 0 Å². The van der Waals surface area contributed by atoms with Crippen LogP contribution < -0.4 is 10.6 Å². The van der Waals surface area contributed by atoms with Gasteiger partial charge in [0.25, 0.3) is 0 Å². The van der Waals surface area contributed by atoms with Crippen molar-refractivity contribution in [3.05, 3.63) is 30.2 Å². The van der Waals surface area contributed by atoms with Crippen LogP contribution in [0.1, 0.15) is 19.8 Å². The summed E-state index contributed by atoms with van der Waals surface area (Å²) in [5.41, 5.74) is 7.51. The van der Waals surface area contributed by atoms with Gasteiger partial charge in [-0.25, -0.2) is 4.39 Å². The second-order valence-corrected chi connectivity index (χ2v) is 5.36. The van der Waals surface area contributed by atoms with E-state index < -0.39 is 0 Å². The third-order valence-electron chi connectivity index (χ3n) is 3.95. The molecule has 3 rings (SSSR count).